The first kappa shape index (κ1) is 20.0. The van der Waals surface area contributed by atoms with E-state index in [1.165, 1.54) is 6.08 Å². The third-order valence-electron chi connectivity index (χ3n) is 3.35. The number of carbonyl (C=O) groups excluding carboxylic acids is 1. The van der Waals surface area contributed by atoms with Crippen molar-refractivity contribution in [2.24, 2.45) is 0 Å². The molecule has 7 heteroatoms. The van der Waals surface area contributed by atoms with Crippen LogP contribution in [0, 0.1) is 22.7 Å². The molecule has 0 heterocycles. The summed E-state index contributed by atoms with van der Waals surface area (Å²) in [6.45, 7) is 2.30. The van der Waals surface area contributed by atoms with Gasteiger partial charge in [-0.1, -0.05) is 15.9 Å². The molecule has 2 aromatic rings. The van der Waals surface area contributed by atoms with Crippen LogP contribution in [-0.2, 0) is 4.79 Å². The summed E-state index contributed by atoms with van der Waals surface area (Å²) in [6, 6.07) is 15.7. The van der Waals surface area contributed by atoms with E-state index < -0.39 is 5.91 Å². The van der Waals surface area contributed by atoms with Gasteiger partial charge in [0.2, 0.25) is 0 Å². The molecule has 0 atom stereocenters. The number of nitrogens with one attached hydrogen (secondary N) is 1. The molecule has 0 fully saturated rings. The fourth-order valence-corrected chi connectivity index (χ4v) is 2.56. The lowest BCUT2D eigenvalue weighted by atomic mass is 10.1. The smallest absolute Gasteiger partial charge is 0.266 e. The van der Waals surface area contributed by atoms with Crippen molar-refractivity contribution < 1.29 is 14.3 Å². The van der Waals surface area contributed by atoms with Gasteiger partial charge in [-0.2, -0.15) is 10.5 Å². The molecule has 0 aliphatic heterocycles. The Kier molecular flexibility index (Phi) is 7.42. The lowest BCUT2D eigenvalue weighted by Crippen LogP contribution is -2.13. The zero-order chi connectivity index (χ0) is 19.6. The van der Waals surface area contributed by atoms with Crippen molar-refractivity contribution in [3.63, 3.8) is 0 Å². The topological polar surface area (TPSA) is 95.1 Å². The highest BCUT2D eigenvalue weighted by molar-refractivity contribution is 9.10. The molecule has 2 aromatic carbocycles. The minimum atomic E-state index is -0.548. The van der Waals surface area contributed by atoms with Crippen molar-refractivity contribution in [1.82, 2.24) is 0 Å². The van der Waals surface area contributed by atoms with Crippen LogP contribution >= 0.6 is 15.9 Å². The lowest BCUT2D eigenvalue weighted by Gasteiger charge is -2.09. The maximum absolute atomic E-state index is 12.4. The molecule has 0 saturated carbocycles. The van der Waals surface area contributed by atoms with E-state index in [1.807, 2.05) is 19.1 Å². The van der Waals surface area contributed by atoms with E-state index in [2.05, 4.69) is 21.2 Å². The van der Waals surface area contributed by atoms with Crippen molar-refractivity contribution in [3.8, 4) is 23.6 Å². The number of carbonyl (C=O) groups is 1. The predicted molar refractivity (Wildman–Crippen MR) is 105 cm³/mol. The van der Waals surface area contributed by atoms with Crippen LogP contribution in [0.15, 0.2) is 52.5 Å². The molecule has 0 aliphatic rings. The zero-order valence-corrected chi connectivity index (χ0v) is 16.1. The number of anilines is 1. The predicted octanol–water partition coefficient (Wildman–Crippen LogP) is 4.30. The molecule has 2 rings (SSSR count). The van der Waals surface area contributed by atoms with Gasteiger partial charge in [0.05, 0.1) is 6.61 Å². The third-order valence-corrected chi connectivity index (χ3v) is 3.85. The fraction of sp³-hybridized carbons (Fsp3) is 0.150. The zero-order valence-electron chi connectivity index (χ0n) is 14.5. The largest absolute Gasteiger partial charge is 0.494 e. The van der Waals surface area contributed by atoms with Gasteiger partial charge in [-0.3, -0.25) is 4.79 Å². The highest BCUT2D eigenvalue weighted by atomic mass is 79.9. The molecule has 0 radical (unpaired) electrons. The van der Waals surface area contributed by atoms with Crippen LogP contribution in [0.4, 0.5) is 5.69 Å². The van der Waals surface area contributed by atoms with Gasteiger partial charge in [-0.15, -0.1) is 0 Å². The minimum absolute atomic E-state index is 0.0937. The van der Waals surface area contributed by atoms with Gasteiger partial charge in [0, 0.05) is 15.7 Å². The second-order valence-electron chi connectivity index (χ2n) is 5.21. The Morgan fingerprint density at radius 1 is 1.19 bits per heavy atom. The summed E-state index contributed by atoms with van der Waals surface area (Å²) in [5.41, 5.74) is 0.960. The Bertz CT molecular complexity index is 925. The van der Waals surface area contributed by atoms with Crippen LogP contribution in [0.2, 0.25) is 0 Å². The van der Waals surface area contributed by atoms with Crippen molar-refractivity contribution in [3.05, 3.63) is 58.1 Å². The van der Waals surface area contributed by atoms with E-state index in [0.717, 1.165) is 4.47 Å². The Morgan fingerprint density at radius 2 is 1.93 bits per heavy atom. The SMILES string of the molecule is CCOc1ccc(NC(=O)/C(C#N)=C/c2cc(Br)ccc2OCC#N)cc1. The van der Waals surface area contributed by atoms with Crippen LogP contribution in [0.1, 0.15) is 12.5 Å². The van der Waals surface area contributed by atoms with Crippen molar-refractivity contribution in [2.75, 3.05) is 18.5 Å². The number of hydrogen-bond acceptors (Lipinski definition) is 5. The van der Waals surface area contributed by atoms with Gasteiger partial charge in [0.1, 0.15) is 29.2 Å². The third kappa shape index (κ3) is 5.88. The number of hydrogen-bond donors (Lipinski definition) is 1. The highest BCUT2D eigenvalue weighted by Gasteiger charge is 2.12. The average molecular weight is 426 g/mol. The molecule has 1 N–H and O–H groups in total. The summed E-state index contributed by atoms with van der Waals surface area (Å²) in [7, 11) is 0. The van der Waals surface area contributed by atoms with Gasteiger partial charge in [-0.05, 0) is 55.5 Å². The quantitative estimate of drug-likeness (QED) is 0.526. The van der Waals surface area contributed by atoms with Crippen LogP contribution < -0.4 is 14.8 Å². The molecule has 0 aromatic heterocycles. The molecule has 0 saturated heterocycles. The normalized spacial score (nSPS) is 10.4. The summed E-state index contributed by atoms with van der Waals surface area (Å²) in [5, 5.41) is 20.7. The second kappa shape index (κ2) is 10.0. The van der Waals surface area contributed by atoms with Crippen molar-refractivity contribution in [2.45, 2.75) is 6.92 Å². The highest BCUT2D eigenvalue weighted by Crippen LogP contribution is 2.26. The van der Waals surface area contributed by atoms with Gasteiger partial charge in [0.25, 0.3) is 5.91 Å². The van der Waals surface area contributed by atoms with Gasteiger partial charge >= 0.3 is 0 Å². The summed E-state index contributed by atoms with van der Waals surface area (Å²) >= 11 is 3.34. The maximum atomic E-state index is 12.4. The van der Waals surface area contributed by atoms with Crippen LogP contribution in [0.25, 0.3) is 6.08 Å². The van der Waals surface area contributed by atoms with Crippen molar-refractivity contribution >= 4 is 33.6 Å². The molecule has 0 bridgehead atoms. The standard InChI is InChI=1S/C20H16BrN3O3/c1-2-26-18-6-4-17(5-7-18)24-20(25)15(13-23)11-14-12-16(21)3-8-19(14)27-10-9-22/h3-8,11-12H,2,10H2,1H3,(H,24,25)/b15-11+. The van der Waals surface area contributed by atoms with Crippen LogP contribution in [0.3, 0.4) is 0 Å². The van der Waals surface area contributed by atoms with E-state index >= 15 is 0 Å². The number of benzene rings is 2. The number of halogens is 1. The molecule has 0 unspecified atom stereocenters. The molecule has 0 aliphatic carbocycles. The summed E-state index contributed by atoms with van der Waals surface area (Å²) in [5.74, 6) is 0.550. The van der Waals surface area contributed by atoms with E-state index in [-0.39, 0.29) is 12.2 Å². The number of nitrogens with zero attached hydrogens (tertiary/aromatic N) is 2. The first-order chi connectivity index (χ1) is 13.1. The van der Waals surface area contributed by atoms with Crippen LogP contribution in [-0.4, -0.2) is 19.1 Å². The maximum Gasteiger partial charge on any atom is 0.266 e. The number of nitriles is 2. The minimum Gasteiger partial charge on any atom is -0.494 e. The first-order valence-corrected chi connectivity index (χ1v) is 8.82. The fourth-order valence-electron chi connectivity index (χ4n) is 2.18. The molecule has 6 nitrogen and oxygen atoms in total. The monoisotopic (exact) mass is 425 g/mol. The average Bonchev–Trinajstić information content (AvgIpc) is 2.67. The van der Waals surface area contributed by atoms with Crippen LogP contribution in [0.5, 0.6) is 11.5 Å². The lowest BCUT2D eigenvalue weighted by molar-refractivity contribution is -0.112. The van der Waals surface area contributed by atoms with Gasteiger partial charge in [-0.25, -0.2) is 0 Å². The number of ether oxygens (including phenoxy) is 2. The number of amides is 1. The summed E-state index contributed by atoms with van der Waals surface area (Å²) < 4.78 is 11.4. The molecular formula is C20H16BrN3O3. The Morgan fingerprint density at radius 3 is 2.56 bits per heavy atom. The van der Waals surface area contributed by atoms with E-state index in [4.69, 9.17) is 14.7 Å². The molecule has 27 heavy (non-hydrogen) atoms. The van der Waals surface area contributed by atoms with Gasteiger partial charge in [0.15, 0.2) is 6.61 Å². The second-order valence-corrected chi connectivity index (χ2v) is 6.13. The first-order valence-electron chi connectivity index (χ1n) is 8.02. The van der Waals surface area contributed by atoms with Gasteiger partial charge < -0.3 is 14.8 Å². The molecule has 0 spiro atoms. The Hall–Kier alpha value is -3.29. The Labute approximate surface area is 165 Å². The van der Waals surface area contributed by atoms with E-state index in [1.54, 1.807) is 42.5 Å². The molecular weight excluding hydrogens is 410 g/mol. The van der Waals surface area contributed by atoms with E-state index in [9.17, 15) is 10.1 Å². The van der Waals surface area contributed by atoms with E-state index in [0.29, 0.717) is 29.4 Å². The molecule has 136 valence electrons. The summed E-state index contributed by atoms with van der Waals surface area (Å²) in [4.78, 5) is 12.4. The summed E-state index contributed by atoms with van der Waals surface area (Å²) in [6.07, 6.45) is 1.42. The van der Waals surface area contributed by atoms with Crippen molar-refractivity contribution in [1.29, 1.82) is 10.5 Å². The number of rotatable bonds is 7. The molecule has 1 amide bonds. The Balaban J connectivity index is 2.22.